The highest BCUT2D eigenvalue weighted by atomic mass is 19.1. The molecule has 0 fully saturated rings. The van der Waals surface area contributed by atoms with Crippen molar-refractivity contribution >= 4 is 0 Å². The number of hydrogen-bond acceptors (Lipinski definition) is 0. The van der Waals surface area contributed by atoms with Crippen molar-refractivity contribution in [3.63, 3.8) is 0 Å². The van der Waals surface area contributed by atoms with Gasteiger partial charge in [-0.1, -0.05) is 13.8 Å². The minimum atomic E-state index is -0.911. The van der Waals surface area contributed by atoms with Crippen LogP contribution < -0.4 is 0 Å². The maximum Gasteiger partial charge on any atom is 0.126 e. The van der Waals surface area contributed by atoms with Gasteiger partial charge in [-0.2, -0.15) is 0 Å². The van der Waals surface area contributed by atoms with Crippen LogP contribution in [0.5, 0.6) is 0 Å². The summed E-state index contributed by atoms with van der Waals surface area (Å²) in [5.41, 5.74) is -0.281. The first kappa shape index (κ1) is 13.6. The molecule has 0 nitrogen and oxygen atoms in total. The molecule has 0 heterocycles. The van der Waals surface area contributed by atoms with Crippen LogP contribution >= 0.6 is 0 Å². The van der Waals surface area contributed by atoms with E-state index in [1.165, 1.54) is 0 Å². The van der Waals surface area contributed by atoms with Crippen LogP contribution in [0.1, 0.15) is 25.0 Å². The second-order valence-electron chi connectivity index (χ2n) is 4.94. The predicted molar refractivity (Wildman–Crippen MR) is 64.8 cm³/mol. The largest absolute Gasteiger partial charge is 0.207 e. The van der Waals surface area contributed by atoms with E-state index in [1.807, 2.05) is 0 Å². The Bertz CT molecular complexity index is 524. The number of halogens is 4. The fraction of sp³-hybridized carbons (Fsp3) is 0.200. The summed E-state index contributed by atoms with van der Waals surface area (Å²) in [6.45, 7) is 3.30. The van der Waals surface area contributed by atoms with Crippen molar-refractivity contribution in [2.24, 2.45) is 0 Å². The van der Waals surface area contributed by atoms with Crippen molar-refractivity contribution in [2.75, 3.05) is 0 Å². The molecule has 100 valence electrons. The Morgan fingerprint density at radius 1 is 0.579 bits per heavy atom. The Kier molecular flexibility index (Phi) is 3.35. The van der Waals surface area contributed by atoms with Gasteiger partial charge in [0.1, 0.15) is 23.3 Å². The molecule has 4 heteroatoms. The zero-order valence-corrected chi connectivity index (χ0v) is 10.5. The first-order chi connectivity index (χ1) is 8.79. The molecule has 0 unspecified atom stereocenters. The van der Waals surface area contributed by atoms with Gasteiger partial charge in [0.2, 0.25) is 0 Å². The van der Waals surface area contributed by atoms with Crippen LogP contribution in [0.15, 0.2) is 36.4 Å². The lowest BCUT2D eigenvalue weighted by molar-refractivity contribution is 0.546. The third-order valence-corrected chi connectivity index (χ3v) is 3.17. The molecule has 0 aliphatic carbocycles. The van der Waals surface area contributed by atoms with Crippen molar-refractivity contribution in [2.45, 2.75) is 19.3 Å². The van der Waals surface area contributed by atoms with Gasteiger partial charge in [0.25, 0.3) is 0 Å². The molecule has 0 aliphatic heterocycles. The zero-order valence-electron chi connectivity index (χ0n) is 10.5. The van der Waals surface area contributed by atoms with E-state index in [2.05, 4.69) is 0 Å². The summed E-state index contributed by atoms with van der Waals surface area (Å²) >= 11 is 0. The molecule has 0 radical (unpaired) electrons. The molecule has 0 spiro atoms. The van der Waals surface area contributed by atoms with Crippen molar-refractivity contribution in [1.29, 1.82) is 0 Å². The summed E-state index contributed by atoms with van der Waals surface area (Å²) in [6.07, 6.45) is 0. The Labute approximate surface area is 108 Å². The maximum absolute atomic E-state index is 13.2. The van der Waals surface area contributed by atoms with Crippen LogP contribution in [0.4, 0.5) is 17.6 Å². The fourth-order valence-corrected chi connectivity index (χ4v) is 2.00. The highest BCUT2D eigenvalue weighted by molar-refractivity contribution is 5.38. The molecule has 0 saturated heterocycles. The Balaban J connectivity index is 2.57. The topological polar surface area (TPSA) is 0 Å². The summed E-state index contributed by atoms with van der Waals surface area (Å²) in [6, 6.07) is 6.15. The van der Waals surface area contributed by atoms with E-state index in [1.54, 1.807) is 13.8 Å². The van der Waals surface area contributed by atoms with E-state index in [9.17, 15) is 17.6 Å². The number of benzene rings is 2. The smallest absolute Gasteiger partial charge is 0.126 e. The van der Waals surface area contributed by atoms with Gasteiger partial charge in [-0.25, -0.2) is 17.6 Å². The molecule has 0 bridgehead atoms. The second-order valence-corrected chi connectivity index (χ2v) is 4.94. The van der Waals surface area contributed by atoms with Gasteiger partial charge < -0.3 is 0 Å². The van der Waals surface area contributed by atoms with Gasteiger partial charge in [0.15, 0.2) is 0 Å². The highest BCUT2D eigenvalue weighted by Crippen LogP contribution is 2.33. The molecular formula is C15H12F4. The Hall–Kier alpha value is -1.84. The standard InChI is InChI=1S/C15H12F4/c1-15(2,9-3-11(16)7-12(17)4-9)10-5-13(18)8-14(19)6-10/h3-8H,1-2H3. The molecular weight excluding hydrogens is 256 g/mol. The van der Waals surface area contributed by atoms with E-state index in [0.29, 0.717) is 11.1 Å². The summed E-state index contributed by atoms with van der Waals surface area (Å²) in [7, 11) is 0. The van der Waals surface area contributed by atoms with Gasteiger partial charge in [0, 0.05) is 17.5 Å². The van der Waals surface area contributed by atoms with Gasteiger partial charge >= 0.3 is 0 Å². The minimum absolute atomic E-state index is 0.315. The normalized spacial score (nSPS) is 11.7. The molecule has 2 rings (SSSR count). The molecule has 0 aromatic heterocycles. The van der Waals surface area contributed by atoms with Crippen molar-refractivity contribution in [1.82, 2.24) is 0 Å². The van der Waals surface area contributed by atoms with Crippen LogP contribution in [0.3, 0.4) is 0 Å². The first-order valence-corrected chi connectivity index (χ1v) is 5.72. The quantitative estimate of drug-likeness (QED) is 0.700. The third kappa shape index (κ3) is 2.78. The van der Waals surface area contributed by atoms with Gasteiger partial charge in [-0.3, -0.25) is 0 Å². The SMILES string of the molecule is CC(C)(c1cc(F)cc(F)c1)c1cc(F)cc(F)c1. The molecule has 0 N–H and O–H groups in total. The van der Waals surface area contributed by atoms with Crippen LogP contribution in [0.25, 0.3) is 0 Å². The van der Waals surface area contributed by atoms with Crippen LogP contribution in [-0.2, 0) is 5.41 Å². The molecule has 2 aromatic rings. The zero-order chi connectivity index (χ0) is 14.2. The molecule has 2 aromatic carbocycles. The molecule has 19 heavy (non-hydrogen) atoms. The van der Waals surface area contributed by atoms with Gasteiger partial charge in [0.05, 0.1) is 0 Å². The van der Waals surface area contributed by atoms with Gasteiger partial charge in [-0.05, 0) is 35.4 Å². The van der Waals surface area contributed by atoms with Crippen LogP contribution in [0.2, 0.25) is 0 Å². The molecule has 0 atom stereocenters. The monoisotopic (exact) mass is 268 g/mol. The van der Waals surface area contributed by atoms with Crippen molar-refractivity contribution < 1.29 is 17.6 Å². The van der Waals surface area contributed by atoms with Gasteiger partial charge in [-0.15, -0.1) is 0 Å². The van der Waals surface area contributed by atoms with E-state index in [0.717, 1.165) is 36.4 Å². The predicted octanol–water partition coefficient (Wildman–Crippen LogP) is 4.57. The van der Waals surface area contributed by atoms with Crippen LogP contribution in [0, 0.1) is 23.3 Å². The number of rotatable bonds is 2. The minimum Gasteiger partial charge on any atom is -0.207 e. The third-order valence-electron chi connectivity index (χ3n) is 3.17. The summed E-state index contributed by atoms with van der Waals surface area (Å²) < 4.78 is 53.0. The lowest BCUT2D eigenvalue weighted by atomic mass is 9.78. The number of hydrogen-bond donors (Lipinski definition) is 0. The van der Waals surface area contributed by atoms with E-state index >= 15 is 0 Å². The average molecular weight is 268 g/mol. The lowest BCUT2D eigenvalue weighted by Crippen LogP contribution is -2.20. The molecule has 0 aliphatic rings. The highest BCUT2D eigenvalue weighted by Gasteiger charge is 2.25. The van der Waals surface area contributed by atoms with Crippen molar-refractivity contribution in [3.8, 4) is 0 Å². The molecule has 0 amide bonds. The Morgan fingerprint density at radius 3 is 1.11 bits per heavy atom. The van der Waals surface area contributed by atoms with E-state index < -0.39 is 28.7 Å². The first-order valence-electron chi connectivity index (χ1n) is 5.72. The second kappa shape index (κ2) is 4.68. The Morgan fingerprint density at radius 2 is 0.842 bits per heavy atom. The van der Waals surface area contributed by atoms with Crippen LogP contribution in [-0.4, -0.2) is 0 Å². The summed E-state index contributed by atoms with van der Waals surface area (Å²) in [5, 5.41) is 0. The van der Waals surface area contributed by atoms with E-state index in [-0.39, 0.29) is 0 Å². The summed E-state index contributed by atoms with van der Waals surface area (Å²) in [4.78, 5) is 0. The summed E-state index contributed by atoms with van der Waals surface area (Å²) in [5.74, 6) is -2.89. The fourth-order valence-electron chi connectivity index (χ4n) is 2.00. The lowest BCUT2D eigenvalue weighted by Gasteiger charge is -2.26. The maximum atomic E-state index is 13.2. The average Bonchev–Trinajstić information content (AvgIpc) is 2.26. The molecule has 0 saturated carbocycles. The van der Waals surface area contributed by atoms with Crippen molar-refractivity contribution in [3.05, 3.63) is 70.8 Å². The van der Waals surface area contributed by atoms with E-state index in [4.69, 9.17) is 0 Å².